The maximum atomic E-state index is 11.8. The van der Waals surface area contributed by atoms with Crippen LogP contribution in [-0.4, -0.2) is 46.3 Å². The Morgan fingerprint density at radius 1 is 1.31 bits per heavy atom. The van der Waals surface area contributed by atoms with Crippen molar-refractivity contribution in [1.29, 1.82) is 0 Å². The number of anilines is 1. The second-order valence-corrected chi connectivity index (χ2v) is 7.98. The predicted molar refractivity (Wildman–Crippen MR) is 136 cm³/mol. The molecule has 10 heteroatoms. The predicted octanol–water partition coefficient (Wildman–Crippen LogP) is 2.71. The topological polar surface area (TPSA) is 105 Å². The largest absolute Gasteiger partial charge is 0.377 e. The lowest BCUT2D eigenvalue weighted by Gasteiger charge is -2.25. The molecule has 1 aliphatic rings. The molecule has 3 N–H and O–H groups in total. The number of fused-ring (bicyclic) bond motifs is 1. The zero-order valence-corrected chi connectivity index (χ0v) is 21.6. The van der Waals surface area contributed by atoms with Crippen molar-refractivity contribution in [1.82, 2.24) is 25.4 Å². The summed E-state index contributed by atoms with van der Waals surface area (Å²) in [5.74, 6) is 2.49. The van der Waals surface area contributed by atoms with E-state index in [1.165, 1.54) is 0 Å². The number of aryl methyl sites for hydroxylation is 1. The molecule has 1 amide bonds. The van der Waals surface area contributed by atoms with Crippen molar-refractivity contribution in [3.05, 3.63) is 41.5 Å². The number of aliphatic imine (C=N–C) groups is 1. The van der Waals surface area contributed by atoms with Crippen LogP contribution in [0.15, 0.2) is 29.3 Å². The van der Waals surface area contributed by atoms with Crippen LogP contribution in [-0.2, 0) is 35.6 Å². The summed E-state index contributed by atoms with van der Waals surface area (Å²) < 4.78 is 7.10. The molecular formula is C22H34IN7O2. The number of aromatic nitrogens is 3. The van der Waals surface area contributed by atoms with Crippen molar-refractivity contribution in [3.63, 3.8) is 0 Å². The van der Waals surface area contributed by atoms with E-state index < -0.39 is 0 Å². The van der Waals surface area contributed by atoms with Crippen molar-refractivity contribution in [2.75, 3.05) is 19.0 Å². The third-order valence-electron chi connectivity index (χ3n) is 5.03. The third-order valence-corrected chi connectivity index (χ3v) is 5.03. The van der Waals surface area contributed by atoms with Crippen molar-refractivity contribution in [2.45, 2.75) is 59.4 Å². The average Bonchev–Trinajstić information content (AvgIpc) is 3.15. The van der Waals surface area contributed by atoms with E-state index in [1.54, 1.807) is 7.11 Å². The highest BCUT2D eigenvalue weighted by Gasteiger charge is 2.22. The number of hydrogen-bond acceptors (Lipinski definition) is 5. The standard InChI is InChI=1S/C22H33N7O2.HI/c1-5-23-22(24-12-16-6-8-17(9-7-16)25-21(30)15(2)3)26-18-10-11-20-27-19(14-31-4)28-29(20)13-18;/h6-9,15,18H,5,10-14H2,1-4H3,(H,25,30)(H2,23,24,26);1H. The van der Waals surface area contributed by atoms with Gasteiger partial charge < -0.3 is 20.7 Å². The van der Waals surface area contributed by atoms with E-state index in [2.05, 4.69) is 33.0 Å². The minimum Gasteiger partial charge on any atom is -0.377 e. The molecule has 9 nitrogen and oxygen atoms in total. The number of rotatable bonds is 8. The number of carbonyl (C=O) groups is 1. The fraction of sp³-hybridized carbons (Fsp3) is 0.545. The number of amides is 1. The minimum absolute atomic E-state index is 0. The number of halogens is 1. The van der Waals surface area contributed by atoms with Crippen LogP contribution < -0.4 is 16.0 Å². The van der Waals surface area contributed by atoms with Crippen LogP contribution in [0, 0.1) is 5.92 Å². The van der Waals surface area contributed by atoms with Crippen molar-refractivity contribution >= 4 is 41.5 Å². The van der Waals surface area contributed by atoms with Gasteiger partial charge in [-0.1, -0.05) is 26.0 Å². The van der Waals surface area contributed by atoms with Crippen molar-refractivity contribution in [3.8, 4) is 0 Å². The molecule has 1 aromatic carbocycles. The lowest BCUT2D eigenvalue weighted by atomic mass is 10.1. The Hall–Kier alpha value is -2.21. The quantitative estimate of drug-likeness (QED) is 0.263. The molecule has 0 saturated heterocycles. The highest BCUT2D eigenvalue weighted by Crippen LogP contribution is 2.14. The number of guanidine groups is 1. The number of hydrogen-bond donors (Lipinski definition) is 3. The molecule has 32 heavy (non-hydrogen) atoms. The Balaban J connectivity index is 0.00000363. The third kappa shape index (κ3) is 7.44. The van der Waals surface area contributed by atoms with E-state index >= 15 is 0 Å². The maximum Gasteiger partial charge on any atom is 0.226 e. The molecule has 1 unspecified atom stereocenters. The smallest absolute Gasteiger partial charge is 0.226 e. The van der Waals surface area contributed by atoms with E-state index in [0.29, 0.717) is 13.2 Å². The summed E-state index contributed by atoms with van der Waals surface area (Å²) in [6, 6.07) is 8.04. The van der Waals surface area contributed by atoms with Gasteiger partial charge in [0, 0.05) is 37.7 Å². The molecule has 1 aromatic heterocycles. The molecule has 1 atom stereocenters. The molecule has 0 saturated carbocycles. The fourth-order valence-electron chi connectivity index (χ4n) is 3.33. The van der Waals surface area contributed by atoms with Gasteiger partial charge in [-0.05, 0) is 31.0 Å². The molecule has 0 aliphatic carbocycles. The van der Waals surface area contributed by atoms with Gasteiger partial charge in [-0.25, -0.2) is 14.7 Å². The zero-order valence-electron chi connectivity index (χ0n) is 19.2. The van der Waals surface area contributed by atoms with Gasteiger partial charge in [0.2, 0.25) is 5.91 Å². The van der Waals surface area contributed by atoms with Crippen LogP contribution in [0.2, 0.25) is 0 Å². The summed E-state index contributed by atoms with van der Waals surface area (Å²) in [5, 5.41) is 14.3. The summed E-state index contributed by atoms with van der Waals surface area (Å²) in [4.78, 5) is 21.1. The van der Waals surface area contributed by atoms with Gasteiger partial charge in [0.05, 0.1) is 13.1 Å². The average molecular weight is 555 g/mol. The second kappa shape index (κ2) is 12.7. The molecule has 0 bridgehead atoms. The summed E-state index contributed by atoms with van der Waals surface area (Å²) in [6.07, 6.45) is 1.84. The van der Waals surface area contributed by atoms with E-state index in [-0.39, 0.29) is 41.8 Å². The summed E-state index contributed by atoms with van der Waals surface area (Å²) >= 11 is 0. The first-order chi connectivity index (χ1) is 15.0. The van der Waals surface area contributed by atoms with E-state index in [4.69, 9.17) is 9.73 Å². The van der Waals surface area contributed by atoms with Gasteiger partial charge in [0.25, 0.3) is 0 Å². The number of nitrogens with one attached hydrogen (secondary N) is 3. The van der Waals surface area contributed by atoms with Crippen molar-refractivity contribution < 1.29 is 9.53 Å². The van der Waals surface area contributed by atoms with Crippen LogP contribution >= 0.6 is 24.0 Å². The van der Waals surface area contributed by atoms with Crippen molar-refractivity contribution in [2.24, 2.45) is 10.9 Å². The summed E-state index contributed by atoms with van der Waals surface area (Å²) in [7, 11) is 1.65. The SMILES string of the molecule is CCNC(=NCc1ccc(NC(=O)C(C)C)cc1)NC1CCc2nc(COC)nn2C1.I. The Morgan fingerprint density at radius 2 is 2.06 bits per heavy atom. The molecule has 2 heterocycles. The molecular weight excluding hydrogens is 521 g/mol. The van der Waals surface area contributed by atoms with Crippen LogP contribution in [0.25, 0.3) is 0 Å². The molecule has 0 fully saturated rings. The Bertz CT molecular complexity index is 896. The molecule has 0 spiro atoms. The van der Waals surface area contributed by atoms with Gasteiger partial charge in [-0.15, -0.1) is 24.0 Å². The highest BCUT2D eigenvalue weighted by molar-refractivity contribution is 14.0. The Labute approximate surface area is 206 Å². The number of methoxy groups -OCH3 is 1. The minimum atomic E-state index is -0.0435. The van der Waals surface area contributed by atoms with E-state index in [9.17, 15) is 4.79 Å². The second-order valence-electron chi connectivity index (χ2n) is 7.98. The van der Waals surface area contributed by atoms with E-state index in [1.807, 2.05) is 42.8 Å². The van der Waals surface area contributed by atoms with Gasteiger partial charge in [-0.2, -0.15) is 5.10 Å². The van der Waals surface area contributed by atoms with Crippen LogP contribution in [0.1, 0.15) is 44.4 Å². The monoisotopic (exact) mass is 555 g/mol. The first-order valence-corrected chi connectivity index (χ1v) is 10.8. The van der Waals surface area contributed by atoms with Gasteiger partial charge in [-0.3, -0.25) is 4.79 Å². The number of carbonyl (C=O) groups excluding carboxylic acids is 1. The normalized spacial score (nSPS) is 15.7. The maximum absolute atomic E-state index is 11.8. The molecule has 176 valence electrons. The van der Waals surface area contributed by atoms with E-state index in [0.717, 1.165) is 54.8 Å². The number of nitrogens with zero attached hydrogens (tertiary/aromatic N) is 4. The van der Waals surface area contributed by atoms with Crippen LogP contribution in [0.4, 0.5) is 5.69 Å². The number of benzene rings is 1. The first-order valence-electron chi connectivity index (χ1n) is 10.8. The molecule has 0 radical (unpaired) electrons. The Morgan fingerprint density at radius 3 is 2.72 bits per heavy atom. The van der Waals surface area contributed by atoms with Crippen LogP contribution in [0.3, 0.4) is 0 Å². The summed E-state index contributed by atoms with van der Waals surface area (Å²) in [6.45, 7) is 8.32. The Kier molecular flexibility index (Phi) is 10.4. The molecule has 3 rings (SSSR count). The van der Waals surface area contributed by atoms with Gasteiger partial charge in [0.1, 0.15) is 12.4 Å². The van der Waals surface area contributed by atoms with Gasteiger partial charge >= 0.3 is 0 Å². The van der Waals surface area contributed by atoms with Gasteiger partial charge in [0.15, 0.2) is 11.8 Å². The highest BCUT2D eigenvalue weighted by atomic mass is 127. The number of ether oxygens (including phenoxy) is 1. The zero-order chi connectivity index (χ0) is 22.2. The van der Waals surface area contributed by atoms with Crippen LogP contribution in [0.5, 0.6) is 0 Å². The fourth-order valence-corrected chi connectivity index (χ4v) is 3.33. The lowest BCUT2D eigenvalue weighted by molar-refractivity contribution is -0.118. The first kappa shape index (κ1) is 26.0. The summed E-state index contributed by atoms with van der Waals surface area (Å²) in [5.41, 5.74) is 1.88. The molecule has 2 aromatic rings. The lowest BCUT2D eigenvalue weighted by Crippen LogP contribution is -2.47. The molecule has 1 aliphatic heterocycles.